The van der Waals surface area contributed by atoms with E-state index in [9.17, 15) is 13.6 Å². The Labute approximate surface area is 199 Å². The predicted octanol–water partition coefficient (Wildman–Crippen LogP) is 5.14. The molecule has 2 aromatic carbocycles. The van der Waals surface area contributed by atoms with E-state index in [1.54, 1.807) is 12.3 Å². The minimum absolute atomic E-state index is 0.154. The Bertz CT molecular complexity index is 1060. The number of hydrogen-bond donors (Lipinski definition) is 2. The molecule has 1 aliphatic heterocycles. The van der Waals surface area contributed by atoms with E-state index in [0.717, 1.165) is 17.7 Å². The van der Waals surface area contributed by atoms with Crippen molar-refractivity contribution in [2.24, 2.45) is 0 Å². The first kappa shape index (κ1) is 23.8. The number of nitrogens with zero attached hydrogens (tertiary/aromatic N) is 2. The zero-order valence-electron chi connectivity index (χ0n) is 19.3. The number of aromatic nitrogens is 1. The summed E-state index contributed by atoms with van der Waals surface area (Å²) < 4.78 is 26.8. The average molecular weight is 465 g/mol. The summed E-state index contributed by atoms with van der Waals surface area (Å²) in [5.74, 6) is -2.36. The topological polar surface area (TPSA) is 57.3 Å². The zero-order valence-corrected chi connectivity index (χ0v) is 19.3. The van der Waals surface area contributed by atoms with Crippen molar-refractivity contribution in [1.29, 1.82) is 0 Å². The Morgan fingerprint density at radius 1 is 1.03 bits per heavy atom. The van der Waals surface area contributed by atoms with E-state index in [1.165, 1.54) is 11.1 Å². The number of alkyl halides is 2. The van der Waals surface area contributed by atoms with Crippen LogP contribution in [0.4, 0.5) is 20.3 Å². The number of benzene rings is 2. The Morgan fingerprint density at radius 3 is 2.38 bits per heavy atom. The number of pyridine rings is 1. The van der Waals surface area contributed by atoms with Crippen LogP contribution in [0.25, 0.3) is 0 Å². The molecule has 3 aromatic rings. The van der Waals surface area contributed by atoms with Gasteiger partial charge in [-0.25, -0.2) is 13.8 Å². The van der Waals surface area contributed by atoms with Crippen LogP contribution in [0.3, 0.4) is 0 Å². The van der Waals surface area contributed by atoms with Crippen LogP contribution in [-0.4, -0.2) is 36.4 Å². The lowest BCUT2D eigenvalue weighted by Crippen LogP contribution is -2.39. The minimum Gasteiger partial charge on any atom is -0.370 e. The van der Waals surface area contributed by atoms with E-state index in [-0.39, 0.29) is 18.7 Å². The molecule has 0 radical (unpaired) electrons. The van der Waals surface area contributed by atoms with Gasteiger partial charge in [0.05, 0.1) is 11.9 Å². The van der Waals surface area contributed by atoms with Gasteiger partial charge in [-0.1, -0.05) is 60.2 Å². The monoisotopic (exact) mass is 464 g/mol. The highest BCUT2D eigenvalue weighted by molar-refractivity contribution is 5.94. The van der Waals surface area contributed by atoms with Crippen LogP contribution in [0.2, 0.25) is 0 Å². The molecule has 0 saturated carbocycles. The number of nitrogens with one attached hydrogen (secondary N) is 2. The minimum atomic E-state index is -2.59. The Morgan fingerprint density at radius 2 is 1.74 bits per heavy atom. The summed E-state index contributed by atoms with van der Waals surface area (Å²) in [6.07, 6.45) is 2.12. The summed E-state index contributed by atoms with van der Waals surface area (Å²) in [4.78, 5) is 19.4. The van der Waals surface area contributed by atoms with Crippen LogP contribution in [-0.2, 0) is 11.2 Å². The van der Waals surface area contributed by atoms with Crippen LogP contribution >= 0.6 is 0 Å². The van der Waals surface area contributed by atoms with Crippen LogP contribution in [0.1, 0.15) is 35.6 Å². The molecule has 34 heavy (non-hydrogen) atoms. The van der Waals surface area contributed by atoms with E-state index in [4.69, 9.17) is 0 Å². The van der Waals surface area contributed by atoms with Gasteiger partial charge in [0.15, 0.2) is 0 Å². The second-order valence-electron chi connectivity index (χ2n) is 8.77. The number of carbonyl (C=O) groups is 1. The van der Waals surface area contributed by atoms with Gasteiger partial charge in [0.25, 0.3) is 5.92 Å². The largest absolute Gasteiger partial charge is 0.370 e. The van der Waals surface area contributed by atoms with Crippen LogP contribution in [0.5, 0.6) is 0 Å². The van der Waals surface area contributed by atoms with Gasteiger partial charge in [-0.05, 0) is 36.6 Å². The molecule has 1 saturated heterocycles. The molecule has 0 unspecified atom stereocenters. The van der Waals surface area contributed by atoms with E-state index >= 15 is 0 Å². The van der Waals surface area contributed by atoms with Crippen molar-refractivity contribution in [3.8, 4) is 0 Å². The fraction of sp³-hybridized carbons (Fsp3) is 0.333. The maximum Gasteiger partial charge on any atom is 0.251 e. The lowest BCUT2D eigenvalue weighted by atomic mass is 10.1. The highest BCUT2D eigenvalue weighted by Crippen LogP contribution is 2.30. The smallest absolute Gasteiger partial charge is 0.251 e. The van der Waals surface area contributed by atoms with E-state index in [2.05, 4.69) is 46.8 Å². The Hall–Kier alpha value is -3.32. The molecule has 1 aromatic heterocycles. The fourth-order valence-corrected chi connectivity index (χ4v) is 4.06. The lowest BCUT2D eigenvalue weighted by Gasteiger charge is -2.33. The molecule has 0 spiro atoms. The van der Waals surface area contributed by atoms with Crippen LogP contribution < -0.4 is 15.5 Å². The van der Waals surface area contributed by atoms with E-state index in [1.807, 2.05) is 41.3 Å². The van der Waals surface area contributed by atoms with Gasteiger partial charge < -0.3 is 15.5 Å². The number of aryl methyl sites for hydroxylation is 1. The van der Waals surface area contributed by atoms with Gasteiger partial charge >= 0.3 is 0 Å². The first-order valence-electron chi connectivity index (χ1n) is 11.6. The van der Waals surface area contributed by atoms with Crippen molar-refractivity contribution in [2.75, 3.05) is 29.9 Å². The normalized spacial score (nSPS) is 16.1. The van der Waals surface area contributed by atoms with Crippen molar-refractivity contribution >= 4 is 17.4 Å². The molecule has 178 valence electrons. The first-order valence-corrected chi connectivity index (χ1v) is 11.6. The number of hydrogen-bond acceptors (Lipinski definition) is 4. The molecule has 5 nitrogen and oxygen atoms in total. The second kappa shape index (κ2) is 10.7. The molecule has 1 amide bonds. The molecular weight excluding hydrogens is 434 g/mol. The third-order valence-corrected chi connectivity index (χ3v) is 6.14. The highest BCUT2D eigenvalue weighted by atomic mass is 19.3. The van der Waals surface area contributed by atoms with Gasteiger partial charge in [-0.3, -0.25) is 4.79 Å². The predicted molar refractivity (Wildman–Crippen MR) is 131 cm³/mol. The summed E-state index contributed by atoms with van der Waals surface area (Å²) in [6.45, 7) is 3.29. The summed E-state index contributed by atoms with van der Waals surface area (Å²) >= 11 is 0. The van der Waals surface area contributed by atoms with Gasteiger partial charge in [-0.2, -0.15) is 0 Å². The van der Waals surface area contributed by atoms with Crippen molar-refractivity contribution in [3.05, 3.63) is 89.6 Å². The molecule has 4 rings (SSSR count). The van der Waals surface area contributed by atoms with Crippen molar-refractivity contribution in [2.45, 2.75) is 38.2 Å². The van der Waals surface area contributed by atoms with Crippen LogP contribution in [0.15, 0.2) is 72.9 Å². The van der Waals surface area contributed by atoms with Crippen LogP contribution in [0, 0.1) is 6.92 Å². The summed E-state index contributed by atoms with van der Waals surface area (Å²) in [5, 5.41) is 6.26. The number of piperidine rings is 1. The molecule has 1 atom stereocenters. The number of rotatable bonds is 8. The molecule has 1 aliphatic rings. The second-order valence-corrected chi connectivity index (χ2v) is 8.77. The summed E-state index contributed by atoms with van der Waals surface area (Å²) in [6, 6.07) is 21.0. The van der Waals surface area contributed by atoms with Gasteiger partial charge in [0, 0.05) is 32.5 Å². The van der Waals surface area contributed by atoms with Gasteiger partial charge in [-0.15, -0.1) is 0 Å². The van der Waals surface area contributed by atoms with E-state index in [0.29, 0.717) is 25.5 Å². The number of anilines is 2. The molecule has 7 heteroatoms. The van der Waals surface area contributed by atoms with Crippen molar-refractivity contribution < 1.29 is 13.6 Å². The molecule has 2 heterocycles. The van der Waals surface area contributed by atoms with Gasteiger partial charge in [0.2, 0.25) is 5.91 Å². The number of halogens is 2. The maximum absolute atomic E-state index is 13.4. The first-order chi connectivity index (χ1) is 16.4. The molecule has 0 aliphatic carbocycles. The highest BCUT2D eigenvalue weighted by Gasteiger charge is 2.34. The molecule has 2 N–H and O–H groups in total. The average Bonchev–Trinajstić information content (AvgIpc) is 2.84. The molecule has 1 fully saturated rings. The third kappa shape index (κ3) is 6.38. The zero-order chi connectivity index (χ0) is 24.0. The van der Waals surface area contributed by atoms with Crippen molar-refractivity contribution in [3.63, 3.8) is 0 Å². The Kier molecular flexibility index (Phi) is 7.53. The molecule has 0 bridgehead atoms. The maximum atomic E-state index is 13.4. The van der Waals surface area contributed by atoms with Crippen molar-refractivity contribution in [1.82, 2.24) is 10.3 Å². The Balaban J connectivity index is 1.38. The van der Waals surface area contributed by atoms with E-state index < -0.39 is 12.0 Å². The summed E-state index contributed by atoms with van der Waals surface area (Å²) in [5.41, 5.74) is 4.08. The lowest BCUT2D eigenvalue weighted by molar-refractivity contribution is -0.118. The fourth-order valence-electron chi connectivity index (χ4n) is 4.06. The SMILES string of the molecule is Cc1ccc(CCN[C@@H](C(=O)Nc2ccc(N3CCC(F)(F)CC3)cn2)c2ccccc2)cc1. The standard InChI is InChI=1S/C27H30F2N4O/c1-20-7-9-21(10-8-20)13-16-30-25(22-5-3-2-4-6-22)26(34)32-24-12-11-23(19-31-24)33-17-14-27(28,29)15-18-33/h2-12,19,25,30H,13-18H2,1H3,(H,31,32,34)/t25-/m1/s1. The number of carbonyl (C=O) groups excluding carboxylic acids is 1. The summed E-state index contributed by atoms with van der Waals surface area (Å²) in [7, 11) is 0. The molecular formula is C27H30F2N4O. The number of amides is 1. The quantitative estimate of drug-likeness (QED) is 0.485. The van der Waals surface area contributed by atoms with Gasteiger partial charge in [0.1, 0.15) is 11.9 Å². The third-order valence-electron chi connectivity index (χ3n) is 6.14.